The quantitative estimate of drug-likeness (QED) is 0.209. The largest absolute Gasteiger partial charge is 0.507 e. The number of aryl methyl sites for hydroxylation is 1. The van der Waals surface area contributed by atoms with Crippen molar-refractivity contribution >= 4 is 42.0 Å². The van der Waals surface area contributed by atoms with Crippen LogP contribution in [0.1, 0.15) is 69.9 Å². The molecule has 3 amide bonds. The van der Waals surface area contributed by atoms with Gasteiger partial charge in [-0.3, -0.25) is 14.4 Å². The van der Waals surface area contributed by atoms with Gasteiger partial charge in [0.15, 0.2) is 0 Å². The van der Waals surface area contributed by atoms with Crippen molar-refractivity contribution in [2.75, 3.05) is 6.61 Å². The standard InChI is InChI=1S/C23H29N3O7S/c1-23(2,34)13-18(28)25-24-16-6-3-5-14-11-15(12-17(27)22(14)16)32-10-4-7-21(31)33-26-19(29)8-9-20(26)30/h11-12,27,34H,3-10,13H2,1-2H3,(H,25,28). The van der Waals surface area contributed by atoms with E-state index in [1.54, 1.807) is 0 Å². The molecular weight excluding hydrogens is 462 g/mol. The molecule has 0 unspecified atom stereocenters. The summed E-state index contributed by atoms with van der Waals surface area (Å²) in [4.78, 5) is 51.7. The maximum absolute atomic E-state index is 12.1. The predicted molar refractivity (Wildman–Crippen MR) is 125 cm³/mol. The minimum absolute atomic E-state index is 0.000178. The lowest BCUT2D eigenvalue weighted by molar-refractivity contribution is -0.197. The highest BCUT2D eigenvalue weighted by Gasteiger charge is 2.32. The van der Waals surface area contributed by atoms with E-state index in [9.17, 15) is 24.3 Å². The van der Waals surface area contributed by atoms with Crippen molar-refractivity contribution in [1.82, 2.24) is 10.5 Å². The number of amides is 3. The third kappa shape index (κ3) is 6.96. The number of rotatable bonds is 9. The normalized spacial score (nSPS) is 17.0. The number of phenolic OH excluding ortho intramolecular Hbond substituents is 1. The van der Waals surface area contributed by atoms with Crippen LogP contribution in [-0.2, 0) is 30.4 Å². The number of ether oxygens (including phenoxy) is 1. The van der Waals surface area contributed by atoms with Gasteiger partial charge >= 0.3 is 5.97 Å². The van der Waals surface area contributed by atoms with Crippen molar-refractivity contribution < 1.29 is 33.9 Å². The Bertz CT molecular complexity index is 1000. The number of fused-ring (bicyclic) bond motifs is 1. The van der Waals surface area contributed by atoms with Gasteiger partial charge in [0, 0.05) is 35.6 Å². The predicted octanol–water partition coefficient (Wildman–Crippen LogP) is 2.41. The number of nitrogens with zero attached hydrogens (tertiary/aromatic N) is 2. The van der Waals surface area contributed by atoms with Gasteiger partial charge in [0.05, 0.1) is 18.7 Å². The van der Waals surface area contributed by atoms with Crippen molar-refractivity contribution in [1.29, 1.82) is 0 Å². The van der Waals surface area contributed by atoms with E-state index in [4.69, 9.17) is 9.57 Å². The second kappa shape index (κ2) is 10.9. The zero-order chi connectivity index (χ0) is 24.9. The molecule has 34 heavy (non-hydrogen) atoms. The van der Waals surface area contributed by atoms with E-state index in [0.29, 0.717) is 34.9 Å². The minimum Gasteiger partial charge on any atom is -0.507 e. The molecule has 0 bridgehead atoms. The third-order valence-corrected chi connectivity index (χ3v) is 5.38. The summed E-state index contributed by atoms with van der Waals surface area (Å²) >= 11 is 4.35. The molecule has 2 aliphatic rings. The van der Waals surface area contributed by atoms with Crippen LogP contribution in [0.25, 0.3) is 0 Å². The van der Waals surface area contributed by atoms with E-state index < -0.39 is 22.5 Å². The average Bonchev–Trinajstić information content (AvgIpc) is 3.06. The maximum Gasteiger partial charge on any atom is 0.333 e. The Morgan fingerprint density at radius 1 is 1.18 bits per heavy atom. The summed E-state index contributed by atoms with van der Waals surface area (Å²) in [6, 6.07) is 3.28. The van der Waals surface area contributed by atoms with Crippen LogP contribution in [0, 0.1) is 0 Å². The number of carbonyl (C=O) groups is 4. The van der Waals surface area contributed by atoms with Gasteiger partial charge in [0.2, 0.25) is 5.91 Å². The lowest BCUT2D eigenvalue weighted by atomic mass is 9.89. The van der Waals surface area contributed by atoms with Crippen LogP contribution < -0.4 is 10.2 Å². The van der Waals surface area contributed by atoms with Crippen molar-refractivity contribution in [3.05, 3.63) is 23.3 Å². The maximum atomic E-state index is 12.1. The first-order valence-electron chi connectivity index (χ1n) is 11.2. The van der Waals surface area contributed by atoms with Gasteiger partial charge in [-0.05, 0) is 37.3 Å². The molecule has 10 nitrogen and oxygen atoms in total. The summed E-state index contributed by atoms with van der Waals surface area (Å²) in [5, 5.41) is 15.3. The molecule has 1 aliphatic heterocycles. The fourth-order valence-electron chi connectivity index (χ4n) is 3.73. The van der Waals surface area contributed by atoms with Gasteiger partial charge in [0.1, 0.15) is 11.5 Å². The smallest absolute Gasteiger partial charge is 0.333 e. The number of hydroxylamine groups is 2. The molecule has 0 atom stereocenters. The first kappa shape index (κ1) is 25.5. The van der Waals surface area contributed by atoms with Crippen LogP contribution in [0.4, 0.5) is 0 Å². The second-order valence-corrected chi connectivity index (χ2v) is 10.1. The molecule has 3 rings (SSSR count). The fraction of sp³-hybridized carbons (Fsp3) is 0.522. The molecule has 0 aromatic heterocycles. The topological polar surface area (TPSA) is 135 Å². The molecule has 1 aliphatic carbocycles. The van der Waals surface area contributed by atoms with Crippen molar-refractivity contribution in [3.63, 3.8) is 0 Å². The number of benzene rings is 1. The Hall–Kier alpha value is -3.08. The summed E-state index contributed by atoms with van der Waals surface area (Å²) in [6.45, 7) is 3.85. The SMILES string of the molecule is CC(C)(S)CC(=O)NN=C1CCCc2cc(OCCCC(=O)ON3C(=O)CCC3=O)cc(O)c21. The molecule has 1 fully saturated rings. The summed E-state index contributed by atoms with van der Waals surface area (Å²) in [7, 11) is 0. The summed E-state index contributed by atoms with van der Waals surface area (Å²) < 4.78 is 5.22. The Balaban J connectivity index is 1.54. The Morgan fingerprint density at radius 3 is 2.56 bits per heavy atom. The van der Waals surface area contributed by atoms with Gasteiger partial charge in [-0.25, -0.2) is 10.2 Å². The Kier molecular flexibility index (Phi) is 8.19. The molecule has 11 heteroatoms. The first-order valence-corrected chi connectivity index (χ1v) is 11.6. The third-order valence-electron chi connectivity index (χ3n) is 5.22. The van der Waals surface area contributed by atoms with Gasteiger partial charge < -0.3 is 14.7 Å². The fourth-order valence-corrected chi connectivity index (χ4v) is 3.87. The van der Waals surface area contributed by atoms with E-state index in [1.807, 2.05) is 19.9 Å². The van der Waals surface area contributed by atoms with Crippen molar-refractivity contribution in [2.45, 2.75) is 70.0 Å². The second-order valence-electron chi connectivity index (χ2n) is 8.91. The number of hydrogen-bond donors (Lipinski definition) is 3. The van der Waals surface area contributed by atoms with Crippen LogP contribution in [-0.4, -0.2) is 50.9 Å². The molecule has 1 aromatic carbocycles. The van der Waals surface area contributed by atoms with Crippen LogP contribution in [0.5, 0.6) is 11.5 Å². The molecule has 0 spiro atoms. The lowest BCUT2D eigenvalue weighted by Gasteiger charge is -2.21. The highest BCUT2D eigenvalue weighted by Crippen LogP contribution is 2.33. The number of aromatic hydroxyl groups is 1. The highest BCUT2D eigenvalue weighted by atomic mass is 32.1. The number of thiol groups is 1. The van der Waals surface area contributed by atoms with Crippen LogP contribution in [0.2, 0.25) is 0 Å². The molecular formula is C23H29N3O7S. The number of nitrogens with one attached hydrogen (secondary N) is 1. The number of imide groups is 1. The molecule has 1 saturated heterocycles. The number of hydrogen-bond acceptors (Lipinski definition) is 9. The zero-order valence-electron chi connectivity index (χ0n) is 19.3. The van der Waals surface area contributed by atoms with E-state index in [0.717, 1.165) is 18.4 Å². The molecule has 1 aromatic rings. The van der Waals surface area contributed by atoms with Gasteiger partial charge in [0.25, 0.3) is 11.8 Å². The molecule has 0 saturated carbocycles. The van der Waals surface area contributed by atoms with E-state index in [-0.39, 0.29) is 43.9 Å². The monoisotopic (exact) mass is 491 g/mol. The van der Waals surface area contributed by atoms with Crippen LogP contribution in [0.3, 0.4) is 0 Å². The minimum atomic E-state index is -0.690. The van der Waals surface area contributed by atoms with E-state index in [2.05, 4.69) is 23.2 Å². The van der Waals surface area contributed by atoms with Crippen molar-refractivity contribution in [2.24, 2.45) is 5.10 Å². The molecule has 2 N–H and O–H groups in total. The van der Waals surface area contributed by atoms with E-state index >= 15 is 0 Å². The zero-order valence-corrected chi connectivity index (χ0v) is 20.2. The van der Waals surface area contributed by atoms with Gasteiger partial charge in [-0.2, -0.15) is 17.7 Å². The molecule has 0 radical (unpaired) electrons. The summed E-state index contributed by atoms with van der Waals surface area (Å²) in [6.07, 6.45) is 2.71. The molecule has 184 valence electrons. The van der Waals surface area contributed by atoms with E-state index in [1.165, 1.54) is 6.07 Å². The van der Waals surface area contributed by atoms with Crippen molar-refractivity contribution in [3.8, 4) is 11.5 Å². The number of hydrazone groups is 1. The van der Waals surface area contributed by atoms with Gasteiger partial charge in [-0.1, -0.05) is 13.8 Å². The average molecular weight is 492 g/mol. The van der Waals surface area contributed by atoms with Crippen LogP contribution in [0.15, 0.2) is 17.2 Å². The van der Waals surface area contributed by atoms with Gasteiger partial charge in [-0.15, -0.1) is 5.06 Å². The first-order chi connectivity index (χ1) is 16.0. The lowest BCUT2D eigenvalue weighted by Crippen LogP contribution is -2.32. The summed E-state index contributed by atoms with van der Waals surface area (Å²) in [5.41, 5.74) is 4.59. The molecule has 1 heterocycles. The highest BCUT2D eigenvalue weighted by molar-refractivity contribution is 7.81. The number of carbonyl (C=O) groups excluding carboxylic acids is 4. The Labute approximate surface area is 203 Å². The van der Waals surface area contributed by atoms with Crippen LogP contribution >= 0.6 is 12.6 Å². The summed E-state index contributed by atoms with van der Waals surface area (Å²) in [5.74, 6) is -1.54. The Morgan fingerprint density at radius 2 is 1.88 bits per heavy atom. The number of phenols is 1.